The molecule has 1 aromatic carbocycles. The van der Waals surface area contributed by atoms with E-state index in [0.29, 0.717) is 13.0 Å². The van der Waals surface area contributed by atoms with Crippen molar-refractivity contribution >= 4 is 5.91 Å². The molecule has 0 aliphatic carbocycles. The molecule has 0 spiro atoms. The Morgan fingerprint density at radius 2 is 2.05 bits per heavy atom. The summed E-state index contributed by atoms with van der Waals surface area (Å²) in [5.41, 5.74) is 0.890. The van der Waals surface area contributed by atoms with Crippen LogP contribution in [-0.2, 0) is 17.8 Å². The second-order valence-corrected chi connectivity index (χ2v) is 4.32. The first-order valence-electron chi connectivity index (χ1n) is 6.09. The molecule has 1 amide bonds. The zero-order chi connectivity index (χ0) is 13.7. The zero-order valence-electron chi connectivity index (χ0n) is 11.1. The van der Waals surface area contributed by atoms with Gasteiger partial charge in [0.15, 0.2) is 0 Å². The van der Waals surface area contributed by atoms with Crippen LogP contribution in [0.15, 0.2) is 47.1 Å². The molecule has 0 saturated carbocycles. The highest BCUT2D eigenvalue weighted by molar-refractivity contribution is 5.79. The highest BCUT2D eigenvalue weighted by Gasteiger charge is 2.13. The Bertz CT molecular complexity index is 534. The van der Waals surface area contributed by atoms with Crippen molar-refractivity contribution < 1.29 is 13.9 Å². The average Bonchev–Trinajstić information content (AvgIpc) is 2.92. The van der Waals surface area contributed by atoms with E-state index in [1.807, 2.05) is 36.4 Å². The molecule has 0 bridgehead atoms. The molecule has 4 heteroatoms. The van der Waals surface area contributed by atoms with Crippen molar-refractivity contribution in [1.29, 1.82) is 0 Å². The summed E-state index contributed by atoms with van der Waals surface area (Å²) in [6.07, 6.45) is 1.93. The summed E-state index contributed by atoms with van der Waals surface area (Å²) in [6.45, 7) is 0.473. The molecule has 0 aliphatic rings. The number of rotatable bonds is 5. The molecule has 0 fully saturated rings. The van der Waals surface area contributed by atoms with Crippen LogP contribution in [0.2, 0.25) is 0 Å². The minimum absolute atomic E-state index is 0.0286. The largest absolute Gasteiger partial charge is 0.496 e. The Morgan fingerprint density at radius 3 is 2.74 bits per heavy atom. The Hall–Kier alpha value is -2.23. The number of likely N-dealkylation sites (N-methyl/N-ethyl adjacent to an activating group) is 1. The third-order valence-corrected chi connectivity index (χ3v) is 2.93. The summed E-state index contributed by atoms with van der Waals surface area (Å²) in [6, 6.07) is 11.2. The summed E-state index contributed by atoms with van der Waals surface area (Å²) < 4.78 is 10.5. The molecular weight excluding hydrogens is 242 g/mol. The monoisotopic (exact) mass is 259 g/mol. The van der Waals surface area contributed by atoms with Gasteiger partial charge in [-0.3, -0.25) is 4.79 Å². The van der Waals surface area contributed by atoms with Crippen LogP contribution in [0, 0.1) is 0 Å². The molecule has 0 unspecified atom stereocenters. The van der Waals surface area contributed by atoms with Gasteiger partial charge in [0.2, 0.25) is 5.91 Å². The number of para-hydroxylation sites is 1. The van der Waals surface area contributed by atoms with Crippen molar-refractivity contribution in [3.63, 3.8) is 0 Å². The number of ether oxygens (including phenoxy) is 1. The smallest absolute Gasteiger partial charge is 0.227 e. The number of hydrogen-bond donors (Lipinski definition) is 0. The Balaban J connectivity index is 2.00. The van der Waals surface area contributed by atoms with Crippen LogP contribution < -0.4 is 4.74 Å². The Kier molecular flexibility index (Phi) is 4.23. The van der Waals surface area contributed by atoms with Gasteiger partial charge in [0.25, 0.3) is 0 Å². The normalized spacial score (nSPS) is 10.2. The number of hydrogen-bond acceptors (Lipinski definition) is 3. The van der Waals surface area contributed by atoms with E-state index in [9.17, 15) is 4.79 Å². The van der Waals surface area contributed by atoms with Crippen LogP contribution in [-0.4, -0.2) is 25.0 Å². The lowest BCUT2D eigenvalue weighted by Gasteiger charge is -2.16. The number of furan rings is 1. The molecule has 2 aromatic rings. The summed E-state index contributed by atoms with van der Waals surface area (Å²) >= 11 is 0. The van der Waals surface area contributed by atoms with Gasteiger partial charge in [-0.1, -0.05) is 18.2 Å². The van der Waals surface area contributed by atoms with Crippen molar-refractivity contribution in [2.75, 3.05) is 14.2 Å². The maximum absolute atomic E-state index is 12.1. The van der Waals surface area contributed by atoms with Gasteiger partial charge in [0.1, 0.15) is 11.5 Å². The van der Waals surface area contributed by atoms with Gasteiger partial charge in [-0.05, 0) is 18.2 Å². The average molecular weight is 259 g/mol. The van der Waals surface area contributed by atoms with E-state index >= 15 is 0 Å². The van der Waals surface area contributed by atoms with Crippen LogP contribution in [0.4, 0.5) is 0 Å². The fourth-order valence-corrected chi connectivity index (χ4v) is 1.87. The number of carbonyl (C=O) groups is 1. The van der Waals surface area contributed by atoms with E-state index in [1.54, 1.807) is 25.3 Å². The van der Waals surface area contributed by atoms with E-state index in [1.165, 1.54) is 0 Å². The first-order chi connectivity index (χ1) is 9.20. The second kappa shape index (κ2) is 6.09. The molecule has 1 heterocycles. The summed E-state index contributed by atoms with van der Waals surface area (Å²) in [5, 5.41) is 0. The SMILES string of the molecule is COc1ccccc1CC(=O)N(C)Cc1ccco1. The molecule has 19 heavy (non-hydrogen) atoms. The fourth-order valence-electron chi connectivity index (χ4n) is 1.87. The van der Waals surface area contributed by atoms with E-state index in [-0.39, 0.29) is 5.91 Å². The van der Waals surface area contributed by atoms with Crippen LogP contribution in [0.5, 0.6) is 5.75 Å². The van der Waals surface area contributed by atoms with E-state index in [4.69, 9.17) is 9.15 Å². The van der Waals surface area contributed by atoms with Crippen molar-refractivity contribution in [1.82, 2.24) is 4.90 Å². The van der Waals surface area contributed by atoms with E-state index in [2.05, 4.69) is 0 Å². The molecule has 1 aromatic heterocycles. The maximum atomic E-state index is 12.1. The predicted molar refractivity (Wildman–Crippen MR) is 71.9 cm³/mol. The van der Waals surface area contributed by atoms with Crippen molar-refractivity contribution in [3.8, 4) is 5.75 Å². The number of benzene rings is 1. The zero-order valence-corrected chi connectivity index (χ0v) is 11.1. The third kappa shape index (κ3) is 3.37. The minimum atomic E-state index is 0.0286. The Morgan fingerprint density at radius 1 is 1.26 bits per heavy atom. The van der Waals surface area contributed by atoms with E-state index < -0.39 is 0 Å². The van der Waals surface area contributed by atoms with Crippen LogP contribution in [0.3, 0.4) is 0 Å². The highest BCUT2D eigenvalue weighted by Crippen LogP contribution is 2.18. The molecule has 2 rings (SSSR count). The van der Waals surface area contributed by atoms with Gasteiger partial charge in [0, 0.05) is 12.6 Å². The topological polar surface area (TPSA) is 42.7 Å². The molecular formula is C15H17NO3. The van der Waals surface area contributed by atoms with Gasteiger partial charge >= 0.3 is 0 Å². The Labute approximate surface area is 112 Å². The quantitative estimate of drug-likeness (QED) is 0.828. The molecule has 0 N–H and O–H groups in total. The summed E-state index contributed by atoms with van der Waals surface area (Å²) in [5.74, 6) is 1.54. The molecule has 0 atom stereocenters. The molecule has 4 nitrogen and oxygen atoms in total. The number of carbonyl (C=O) groups excluding carboxylic acids is 1. The summed E-state index contributed by atoms with van der Waals surface area (Å²) in [7, 11) is 3.37. The van der Waals surface area contributed by atoms with Gasteiger partial charge in [-0.15, -0.1) is 0 Å². The lowest BCUT2D eigenvalue weighted by molar-refractivity contribution is -0.129. The van der Waals surface area contributed by atoms with Crippen LogP contribution in [0.1, 0.15) is 11.3 Å². The van der Waals surface area contributed by atoms with Gasteiger partial charge in [-0.2, -0.15) is 0 Å². The lowest BCUT2D eigenvalue weighted by atomic mass is 10.1. The minimum Gasteiger partial charge on any atom is -0.496 e. The number of methoxy groups -OCH3 is 1. The maximum Gasteiger partial charge on any atom is 0.227 e. The van der Waals surface area contributed by atoms with E-state index in [0.717, 1.165) is 17.1 Å². The number of nitrogens with zero attached hydrogens (tertiary/aromatic N) is 1. The van der Waals surface area contributed by atoms with Crippen molar-refractivity contribution in [2.24, 2.45) is 0 Å². The first-order valence-corrected chi connectivity index (χ1v) is 6.09. The van der Waals surface area contributed by atoms with Crippen molar-refractivity contribution in [2.45, 2.75) is 13.0 Å². The molecule has 0 aliphatic heterocycles. The van der Waals surface area contributed by atoms with Crippen molar-refractivity contribution in [3.05, 3.63) is 54.0 Å². The van der Waals surface area contributed by atoms with Gasteiger partial charge in [-0.25, -0.2) is 0 Å². The standard InChI is InChI=1S/C15H17NO3/c1-16(11-13-7-5-9-19-13)15(17)10-12-6-3-4-8-14(12)18-2/h3-9H,10-11H2,1-2H3. The first kappa shape index (κ1) is 13.2. The summed E-state index contributed by atoms with van der Waals surface area (Å²) in [4.78, 5) is 13.8. The van der Waals surface area contributed by atoms with Gasteiger partial charge in [0.05, 0.1) is 26.3 Å². The number of amides is 1. The van der Waals surface area contributed by atoms with Crippen LogP contribution >= 0.6 is 0 Å². The lowest BCUT2D eigenvalue weighted by Crippen LogP contribution is -2.27. The highest BCUT2D eigenvalue weighted by atomic mass is 16.5. The molecule has 0 radical (unpaired) electrons. The van der Waals surface area contributed by atoms with Gasteiger partial charge < -0.3 is 14.1 Å². The molecule has 0 saturated heterocycles. The fraction of sp³-hybridized carbons (Fsp3) is 0.267. The molecule has 100 valence electrons. The van der Waals surface area contributed by atoms with Crippen LogP contribution in [0.25, 0.3) is 0 Å². The third-order valence-electron chi connectivity index (χ3n) is 2.93. The second-order valence-electron chi connectivity index (χ2n) is 4.32. The predicted octanol–water partition coefficient (Wildman–Crippen LogP) is 2.49.